The van der Waals surface area contributed by atoms with Crippen LogP contribution in [0.25, 0.3) is 0 Å². The molecule has 0 heterocycles. The third-order valence-electron chi connectivity index (χ3n) is 2.09. The molecule has 1 rings (SSSR count). The molecule has 0 bridgehead atoms. The van der Waals surface area contributed by atoms with E-state index in [1.54, 1.807) is 12.1 Å². The van der Waals surface area contributed by atoms with Crippen molar-refractivity contribution in [1.29, 1.82) is 0 Å². The van der Waals surface area contributed by atoms with Crippen LogP contribution >= 0.6 is 0 Å². The molecule has 0 aliphatic heterocycles. The molecule has 0 spiro atoms. The number of nitrogen functional groups attached to an aromatic ring is 1. The van der Waals surface area contributed by atoms with Crippen LogP contribution in [-0.4, -0.2) is 27.1 Å². The summed E-state index contributed by atoms with van der Waals surface area (Å²) in [5.41, 5.74) is 5.88. The molecular weight excluding hydrogens is 228 g/mol. The van der Waals surface area contributed by atoms with Gasteiger partial charge >= 0.3 is 0 Å². The molecule has 3 N–H and O–H groups in total. The normalized spacial score (nSPS) is 11.1. The quantitative estimate of drug-likeness (QED) is 0.737. The molecule has 0 saturated carbocycles. The number of benzene rings is 1. The van der Waals surface area contributed by atoms with E-state index in [0.717, 1.165) is 0 Å². The maximum atomic E-state index is 11.8. The Labute approximate surface area is 94.6 Å². The van der Waals surface area contributed by atoms with Crippen molar-refractivity contribution in [2.45, 2.75) is 11.3 Å². The second-order valence-electron chi connectivity index (χ2n) is 3.31. The van der Waals surface area contributed by atoms with Gasteiger partial charge in [-0.05, 0) is 18.2 Å². The average molecular weight is 242 g/mol. The summed E-state index contributed by atoms with van der Waals surface area (Å²) in [5.74, 6) is -0.511. The fourth-order valence-electron chi connectivity index (χ4n) is 1.18. The van der Waals surface area contributed by atoms with E-state index in [1.807, 2.05) is 0 Å². The van der Waals surface area contributed by atoms with E-state index in [1.165, 1.54) is 19.2 Å². The molecule has 0 aliphatic rings. The van der Waals surface area contributed by atoms with Gasteiger partial charge in [0, 0.05) is 19.2 Å². The van der Waals surface area contributed by atoms with Crippen LogP contribution in [0, 0.1) is 0 Å². The van der Waals surface area contributed by atoms with E-state index in [9.17, 15) is 13.2 Å². The maximum absolute atomic E-state index is 11.8. The number of hydrogen-bond donors (Lipinski definition) is 2. The summed E-state index contributed by atoms with van der Waals surface area (Å²) in [5, 5.41) is 2.37. The van der Waals surface area contributed by atoms with E-state index in [-0.39, 0.29) is 23.0 Å². The van der Waals surface area contributed by atoms with Crippen LogP contribution in [0.4, 0.5) is 5.69 Å². The molecule has 0 fully saturated rings. The molecule has 0 aromatic heterocycles. The molecule has 0 aliphatic carbocycles. The minimum atomic E-state index is -3.43. The Balaban J connectivity index is 2.82. The van der Waals surface area contributed by atoms with Crippen molar-refractivity contribution >= 4 is 21.4 Å². The highest BCUT2D eigenvalue weighted by molar-refractivity contribution is 7.91. The number of sulfone groups is 1. The Kier molecular flexibility index (Phi) is 3.89. The second-order valence-corrected chi connectivity index (χ2v) is 5.42. The summed E-state index contributed by atoms with van der Waals surface area (Å²) in [7, 11) is -1.96. The van der Waals surface area contributed by atoms with Gasteiger partial charge in [0.1, 0.15) is 0 Å². The number of rotatable bonds is 4. The van der Waals surface area contributed by atoms with E-state index in [4.69, 9.17) is 5.73 Å². The Hall–Kier alpha value is -1.56. The van der Waals surface area contributed by atoms with Gasteiger partial charge in [-0.1, -0.05) is 6.07 Å². The van der Waals surface area contributed by atoms with Crippen molar-refractivity contribution in [3.05, 3.63) is 24.3 Å². The van der Waals surface area contributed by atoms with Crippen LogP contribution in [0.15, 0.2) is 29.2 Å². The van der Waals surface area contributed by atoms with Gasteiger partial charge in [0.25, 0.3) is 0 Å². The number of nitrogens with one attached hydrogen (secondary N) is 1. The van der Waals surface area contributed by atoms with Gasteiger partial charge in [-0.15, -0.1) is 0 Å². The van der Waals surface area contributed by atoms with Crippen molar-refractivity contribution < 1.29 is 13.2 Å². The lowest BCUT2D eigenvalue weighted by molar-refractivity contribution is -0.120. The number of hydrogen-bond acceptors (Lipinski definition) is 4. The molecular formula is C10H14N2O3S. The maximum Gasteiger partial charge on any atom is 0.220 e. The van der Waals surface area contributed by atoms with Crippen LogP contribution in [0.5, 0.6) is 0 Å². The highest BCUT2D eigenvalue weighted by Gasteiger charge is 2.15. The SMILES string of the molecule is CNC(=O)CCS(=O)(=O)c1cccc(N)c1. The van der Waals surface area contributed by atoms with Crippen LogP contribution in [0.2, 0.25) is 0 Å². The first-order valence-electron chi connectivity index (χ1n) is 4.74. The van der Waals surface area contributed by atoms with Crippen LogP contribution in [-0.2, 0) is 14.6 Å². The number of carbonyl (C=O) groups excluding carboxylic acids is 1. The second kappa shape index (κ2) is 4.98. The third-order valence-corrected chi connectivity index (χ3v) is 3.81. The molecule has 0 atom stereocenters. The van der Waals surface area contributed by atoms with E-state index in [2.05, 4.69) is 5.32 Å². The third kappa shape index (κ3) is 3.23. The average Bonchev–Trinajstić information content (AvgIpc) is 2.26. The molecule has 1 amide bonds. The number of carbonyl (C=O) groups is 1. The number of nitrogens with two attached hydrogens (primary N) is 1. The largest absolute Gasteiger partial charge is 0.399 e. The number of amides is 1. The molecule has 88 valence electrons. The van der Waals surface area contributed by atoms with E-state index < -0.39 is 9.84 Å². The van der Waals surface area contributed by atoms with Crippen LogP contribution in [0.3, 0.4) is 0 Å². The predicted octanol–water partition coefficient (Wildman–Crippen LogP) is 0.179. The fraction of sp³-hybridized carbons (Fsp3) is 0.300. The van der Waals surface area contributed by atoms with Gasteiger partial charge in [-0.3, -0.25) is 4.79 Å². The van der Waals surface area contributed by atoms with Crippen molar-refractivity contribution in [3.8, 4) is 0 Å². The summed E-state index contributed by atoms with van der Waals surface area (Å²) in [4.78, 5) is 11.1. The monoisotopic (exact) mass is 242 g/mol. The van der Waals surface area contributed by atoms with E-state index >= 15 is 0 Å². The van der Waals surface area contributed by atoms with E-state index in [0.29, 0.717) is 5.69 Å². The lowest BCUT2D eigenvalue weighted by atomic mass is 10.3. The molecule has 0 saturated heterocycles. The lowest BCUT2D eigenvalue weighted by Crippen LogP contribution is -2.21. The predicted molar refractivity (Wildman–Crippen MR) is 61.6 cm³/mol. The van der Waals surface area contributed by atoms with Gasteiger partial charge in [0.15, 0.2) is 9.84 Å². The summed E-state index contributed by atoms with van der Waals surface area (Å²) < 4.78 is 23.5. The molecule has 1 aromatic carbocycles. The minimum Gasteiger partial charge on any atom is -0.399 e. The van der Waals surface area contributed by atoms with Crippen molar-refractivity contribution in [3.63, 3.8) is 0 Å². The van der Waals surface area contributed by atoms with Crippen molar-refractivity contribution in [1.82, 2.24) is 5.32 Å². The Morgan fingerprint density at radius 1 is 1.44 bits per heavy atom. The van der Waals surface area contributed by atoms with Gasteiger partial charge in [0.05, 0.1) is 10.6 Å². The van der Waals surface area contributed by atoms with Crippen LogP contribution in [0.1, 0.15) is 6.42 Å². The zero-order valence-corrected chi connectivity index (χ0v) is 9.75. The first-order valence-corrected chi connectivity index (χ1v) is 6.40. The Morgan fingerprint density at radius 2 is 2.12 bits per heavy atom. The van der Waals surface area contributed by atoms with Crippen molar-refractivity contribution in [2.75, 3.05) is 18.5 Å². The molecule has 0 radical (unpaired) electrons. The zero-order chi connectivity index (χ0) is 12.2. The van der Waals surface area contributed by atoms with Gasteiger partial charge in [-0.25, -0.2) is 8.42 Å². The van der Waals surface area contributed by atoms with Gasteiger partial charge in [0.2, 0.25) is 5.91 Å². The summed E-state index contributed by atoms with van der Waals surface area (Å²) >= 11 is 0. The summed E-state index contributed by atoms with van der Waals surface area (Å²) in [6.07, 6.45) is -0.0480. The highest BCUT2D eigenvalue weighted by Crippen LogP contribution is 2.15. The lowest BCUT2D eigenvalue weighted by Gasteiger charge is -2.04. The fourth-order valence-corrected chi connectivity index (χ4v) is 2.47. The smallest absolute Gasteiger partial charge is 0.220 e. The topological polar surface area (TPSA) is 89.3 Å². The summed E-state index contributed by atoms with van der Waals surface area (Å²) in [6, 6.07) is 6.04. The number of anilines is 1. The minimum absolute atomic E-state index is 0.0480. The standard InChI is InChI=1S/C10H14N2O3S/c1-12-10(13)5-6-16(14,15)9-4-2-3-8(11)7-9/h2-4,7H,5-6,11H2,1H3,(H,12,13). The van der Waals surface area contributed by atoms with Crippen LogP contribution < -0.4 is 11.1 Å². The molecule has 5 nitrogen and oxygen atoms in total. The molecule has 6 heteroatoms. The van der Waals surface area contributed by atoms with Crippen molar-refractivity contribution in [2.24, 2.45) is 0 Å². The Bertz CT molecular complexity index is 483. The Morgan fingerprint density at radius 3 is 2.69 bits per heavy atom. The van der Waals surface area contributed by atoms with Gasteiger partial charge in [-0.2, -0.15) is 0 Å². The molecule has 16 heavy (non-hydrogen) atoms. The highest BCUT2D eigenvalue weighted by atomic mass is 32.2. The first-order chi connectivity index (χ1) is 7.45. The summed E-state index contributed by atoms with van der Waals surface area (Å²) in [6.45, 7) is 0. The molecule has 0 unspecified atom stereocenters. The zero-order valence-electron chi connectivity index (χ0n) is 8.93. The molecule has 1 aromatic rings. The first kappa shape index (κ1) is 12.5. The van der Waals surface area contributed by atoms with Gasteiger partial charge < -0.3 is 11.1 Å².